The Bertz CT molecular complexity index is 602. The van der Waals surface area contributed by atoms with Gasteiger partial charge in [-0.2, -0.15) is 5.10 Å². The Hall–Kier alpha value is -2.90. The van der Waals surface area contributed by atoms with Crippen molar-refractivity contribution in [1.82, 2.24) is 0 Å². The van der Waals surface area contributed by atoms with Crippen LogP contribution in [0.3, 0.4) is 0 Å². The van der Waals surface area contributed by atoms with Gasteiger partial charge >= 0.3 is 0 Å². The molecule has 8 heteroatoms. The van der Waals surface area contributed by atoms with Crippen molar-refractivity contribution in [3.63, 3.8) is 0 Å². The van der Waals surface area contributed by atoms with E-state index in [1.54, 1.807) is 6.92 Å². The summed E-state index contributed by atoms with van der Waals surface area (Å²) in [7, 11) is 0. The fraction of sp³-hybridized carbons (Fsp3) is 0.167. The quantitative estimate of drug-likeness (QED) is 0.310. The van der Waals surface area contributed by atoms with Crippen molar-refractivity contribution in [3.05, 3.63) is 34.4 Å². The third-order valence-corrected chi connectivity index (χ3v) is 2.58. The fourth-order valence-corrected chi connectivity index (χ4v) is 1.82. The molecule has 0 aliphatic heterocycles. The first-order chi connectivity index (χ1) is 9.38. The van der Waals surface area contributed by atoms with Gasteiger partial charge in [0.15, 0.2) is 0 Å². The summed E-state index contributed by atoms with van der Waals surface area (Å²) >= 11 is 0. The minimum atomic E-state index is -0.684. The van der Waals surface area contributed by atoms with E-state index in [4.69, 9.17) is 22.9 Å². The van der Waals surface area contributed by atoms with Crippen molar-refractivity contribution >= 4 is 24.0 Å². The van der Waals surface area contributed by atoms with E-state index in [9.17, 15) is 9.59 Å². The summed E-state index contributed by atoms with van der Waals surface area (Å²) in [5, 5.41) is 7.05. The Labute approximate surface area is 115 Å². The van der Waals surface area contributed by atoms with Crippen LogP contribution in [0.4, 0.5) is 0 Å². The van der Waals surface area contributed by atoms with E-state index in [2.05, 4.69) is 10.2 Å². The van der Waals surface area contributed by atoms with E-state index in [0.29, 0.717) is 17.5 Å². The lowest BCUT2D eigenvalue weighted by Crippen LogP contribution is -2.22. The van der Waals surface area contributed by atoms with Crippen LogP contribution in [0.25, 0.3) is 0 Å². The molecule has 0 aliphatic carbocycles. The van der Waals surface area contributed by atoms with Crippen LogP contribution in [0.1, 0.15) is 38.8 Å². The van der Waals surface area contributed by atoms with Gasteiger partial charge in [0.05, 0.1) is 11.8 Å². The fourth-order valence-electron chi connectivity index (χ4n) is 1.82. The molecule has 106 valence electrons. The molecule has 0 radical (unpaired) electrons. The van der Waals surface area contributed by atoms with Crippen molar-refractivity contribution < 1.29 is 9.59 Å². The molecule has 0 bridgehead atoms. The second-order valence-electron chi connectivity index (χ2n) is 3.91. The van der Waals surface area contributed by atoms with Crippen LogP contribution >= 0.6 is 0 Å². The van der Waals surface area contributed by atoms with E-state index in [1.165, 1.54) is 18.3 Å². The van der Waals surface area contributed by atoms with Crippen LogP contribution in [0.15, 0.2) is 22.3 Å². The van der Waals surface area contributed by atoms with Crippen LogP contribution < -0.4 is 22.9 Å². The first kappa shape index (κ1) is 15.2. The molecule has 1 rings (SSSR count). The lowest BCUT2D eigenvalue weighted by atomic mass is 9.93. The van der Waals surface area contributed by atoms with Gasteiger partial charge in [0.25, 0.3) is 0 Å². The Morgan fingerprint density at radius 2 is 1.80 bits per heavy atom. The van der Waals surface area contributed by atoms with Crippen molar-refractivity contribution in [2.45, 2.75) is 13.3 Å². The van der Waals surface area contributed by atoms with Gasteiger partial charge < -0.3 is 22.9 Å². The van der Waals surface area contributed by atoms with Gasteiger partial charge in [-0.3, -0.25) is 9.59 Å². The maximum atomic E-state index is 11.6. The molecule has 0 saturated carbocycles. The maximum absolute atomic E-state index is 11.6. The molecule has 2 amide bonds. The topological polar surface area (TPSA) is 163 Å². The van der Waals surface area contributed by atoms with Gasteiger partial charge in [-0.1, -0.05) is 13.0 Å². The summed E-state index contributed by atoms with van der Waals surface area (Å²) < 4.78 is 0. The normalized spacial score (nSPS) is 10.4. The van der Waals surface area contributed by atoms with E-state index >= 15 is 0 Å². The monoisotopic (exact) mass is 276 g/mol. The zero-order valence-corrected chi connectivity index (χ0v) is 11.0. The Morgan fingerprint density at radius 1 is 1.15 bits per heavy atom. The average Bonchev–Trinajstić information content (AvgIpc) is 2.36. The van der Waals surface area contributed by atoms with E-state index < -0.39 is 11.8 Å². The minimum absolute atomic E-state index is 0.179. The molecule has 0 heterocycles. The van der Waals surface area contributed by atoms with Crippen molar-refractivity contribution in [2.24, 2.45) is 33.1 Å². The van der Waals surface area contributed by atoms with Gasteiger partial charge in [0, 0.05) is 11.1 Å². The molecule has 0 fully saturated rings. The highest BCUT2D eigenvalue weighted by Crippen LogP contribution is 2.19. The largest absolute Gasteiger partial charge is 0.369 e. The second kappa shape index (κ2) is 6.32. The van der Waals surface area contributed by atoms with E-state index in [-0.39, 0.29) is 17.1 Å². The number of primary amides is 2. The van der Waals surface area contributed by atoms with E-state index in [0.717, 1.165) is 0 Å². The first-order valence-electron chi connectivity index (χ1n) is 5.75. The van der Waals surface area contributed by atoms with Crippen molar-refractivity contribution in [1.29, 1.82) is 0 Å². The number of hydrogen-bond donors (Lipinski definition) is 4. The number of carbonyl (C=O) groups excluding carboxylic acids is 2. The lowest BCUT2D eigenvalue weighted by Gasteiger charge is -2.11. The number of hydrogen-bond acceptors (Lipinski definition) is 4. The molecule has 0 saturated heterocycles. The number of guanidine groups is 1. The predicted molar refractivity (Wildman–Crippen MR) is 76.3 cm³/mol. The van der Waals surface area contributed by atoms with Crippen LogP contribution in [0.5, 0.6) is 0 Å². The Kier molecular flexibility index (Phi) is 4.79. The molecule has 1 aromatic carbocycles. The number of nitrogens with zero attached hydrogens (tertiary/aromatic N) is 2. The second-order valence-corrected chi connectivity index (χ2v) is 3.91. The standard InChI is InChI=1S/C12H16N6O2/c1-2-7-8(10(13)19)4-3-6(9(7)11(14)20)5-17-18-12(15)16/h3-5H,2H2,1H3,(H2,13,19)(H2,14,20)(H4,15,16,18). The number of amides is 2. The maximum Gasteiger partial charge on any atom is 0.249 e. The number of carbonyl (C=O) groups is 2. The molecule has 0 atom stereocenters. The molecule has 8 N–H and O–H groups in total. The third kappa shape index (κ3) is 3.31. The lowest BCUT2D eigenvalue weighted by molar-refractivity contribution is 0.0999. The van der Waals surface area contributed by atoms with Crippen LogP contribution in [0, 0.1) is 0 Å². The minimum Gasteiger partial charge on any atom is -0.369 e. The molecule has 20 heavy (non-hydrogen) atoms. The summed E-state index contributed by atoms with van der Waals surface area (Å²) in [5.41, 5.74) is 22.2. The molecular weight excluding hydrogens is 260 g/mol. The van der Waals surface area contributed by atoms with Gasteiger partial charge in [0.2, 0.25) is 17.8 Å². The summed E-state index contributed by atoms with van der Waals surface area (Å²) in [6.45, 7) is 1.78. The molecule has 0 unspecified atom stereocenters. The molecule has 0 aromatic heterocycles. The SMILES string of the molecule is CCc1c(C(N)=O)ccc(C=NN=C(N)N)c1C(N)=O. The number of benzene rings is 1. The van der Waals surface area contributed by atoms with Crippen LogP contribution in [-0.4, -0.2) is 24.0 Å². The Morgan fingerprint density at radius 3 is 2.25 bits per heavy atom. The van der Waals surface area contributed by atoms with Crippen molar-refractivity contribution in [3.8, 4) is 0 Å². The first-order valence-corrected chi connectivity index (χ1v) is 5.75. The Balaban J connectivity index is 3.47. The summed E-state index contributed by atoms with van der Waals surface area (Å²) in [5.74, 6) is -1.53. The molecular formula is C12H16N6O2. The molecule has 0 spiro atoms. The predicted octanol–water partition coefficient (Wildman–Crippen LogP) is -0.946. The highest BCUT2D eigenvalue weighted by atomic mass is 16.1. The summed E-state index contributed by atoms with van der Waals surface area (Å²) in [6.07, 6.45) is 1.70. The molecule has 1 aromatic rings. The highest BCUT2D eigenvalue weighted by molar-refractivity contribution is 6.06. The number of rotatable bonds is 5. The van der Waals surface area contributed by atoms with E-state index in [1.807, 2.05) is 0 Å². The third-order valence-electron chi connectivity index (χ3n) is 2.58. The zero-order valence-electron chi connectivity index (χ0n) is 11.0. The summed E-state index contributed by atoms with van der Waals surface area (Å²) in [4.78, 5) is 22.9. The molecule has 0 aliphatic rings. The van der Waals surface area contributed by atoms with Crippen molar-refractivity contribution in [2.75, 3.05) is 0 Å². The van der Waals surface area contributed by atoms with Gasteiger partial charge in [-0.05, 0) is 18.1 Å². The molecule has 8 nitrogen and oxygen atoms in total. The van der Waals surface area contributed by atoms with Gasteiger partial charge in [-0.15, -0.1) is 5.10 Å². The summed E-state index contributed by atoms with van der Waals surface area (Å²) in [6, 6.07) is 3.01. The smallest absolute Gasteiger partial charge is 0.249 e. The number of nitrogens with two attached hydrogens (primary N) is 4. The highest BCUT2D eigenvalue weighted by Gasteiger charge is 2.18. The zero-order chi connectivity index (χ0) is 15.3. The van der Waals surface area contributed by atoms with Crippen LogP contribution in [-0.2, 0) is 6.42 Å². The van der Waals surface area contributed by atoms with Gasteiger partial charge in [-0.25, -0.2) is 0 Å². The van der Waals surface area contributed by atoms with Gasteiger partial charge in [0.1, 0.15) is 0 Å². The average molecular weight is 276 g/mol. The van der Waals surface area contributed by atoms with Crippen LogP contribution in [0.2, 0.25) is 0 Å².